The van der Waals surface area contributed by atoms with Gasteiger partial charge in [0.2, 0.25) is 0 Å². The molecule has 0 bridgehead atoms. The molecule has 0 radical (unpaired) electrons. The van der Waals surface area contributed by atoms with Crippen molar-refractivity contribution < 1.29 is 0 Å². The van der Waals surface area contributed by atoms with Gasteiger partial charge in [-0.1, -0.05) is 54.1 Å². The van der Waals surface area contributed by atoms with Gasteiger partial charge in [-0.25, -0.2) is 0 Å². The summed E-state index contributed by atoms with van der Waals surface area (Å²) in [5, 5.41) is 3.50. The molecule has 1 nitrogen and oxygen atoms in total. The molecular weight excluding hydrogens is 242 g/mol. The van der Waals surface area contributed by atoms with Gasteiger partial charge in [-0.15, -0.1) is 0 Å². The molecule has 0 saturated carbocycles. The molecule has 3 rings (SSSR count). The Morgan fingerprint density at radius 3 is 2.75 bits per heavy atom. The predicted molar refractivity (Wildman–Crippen MR) is 85.2 cm³/mol. The lowest BCUT2D eigenvalue weighted by Crippen LogP contribution is -2.32. The van der Waals surface area contributed by atoms with Crippen LogP contribution in [0.15, 0.2) is 48.5 Å². The summed E-state index contributed by atoms with van der Waals surface area (Å²) in [6.07, 6.45) is 3.61. The highest BCUT2D eigenvalue weighted by Gasteiger charge is 2.27. The van der Waals surface area contributed by atoms with Gasteiger partial charge in [0.05, 0.1) is 0 Å². The second-order valence-electron chi connectivity index (χ2n) is 6.01. The molecule has 1 aliphatic rings. The van der Waals surface area contributed by atoms with Crippen LogP contribution in [0.5, 0.6) is 0 Å². The number of nitrogens with one attached hydrogen (secondary N) is 1. The van der Waals surface area contributed by atoms with E-state index in [1.165, 1.54) is 24.0 Å². The molecule has 104 valence electrons. The monoisotopic (exact) mass is 265 g/mol. The highest BCUT2D eigenvalue weighted by Crippen LogP contribution is 2.38. The molecular formula is C19H23N. The van der Waals surface area contributed by atoms with E-state index in [2.05, 4.69) is 67.8 Å². The zero-order valence-electron chi connectivity index (χ0n) is 12.4. The summed E-state index contributed by atoms with van der Waals surface area (Å²) in [6.45, 7) is 2.17. The number of rotatable bonds is 5. The van der Waals surface area contributed by atoms with Gasteiger partial charge in [-0.05, 0) is 55.8 Å². The summed E-state index contributed by atoms with van der Waals surface area (Å²) in [5.74, 6) is 0.744. The molecule has 2 unspecified atom stereocenters. The van der Waals surface area contributed by atoms with Crippen molar-refractivity contribution >= 4 is 0 Å². The average Bonchev–Trinajstić information content (AvgIpc) is 2.43. The Labute approximate surface area is 122 Å². The number of benzene rings is 2. The maximum atomic E-state index is 3.50. The molecule has 0 saturated heterocycles. The third kappa shape index (κ3) is 2.78. The number of aryl methyl sites for hydroxylation is 1. The van der Waals surface area contributed by atoms with Crippen LogP contribution in [0.25, 0.3) is 0 Å². The fourth-order valence-electron chi connectivity index (χ4n) is 3.34. The Balaban J connectivity index is 1.64. The van der Waals surface area contributed by atoms with E-state index in [1.54, 1.807) is 11.1 Å². The number of fused-ring (bicyclic) bond motifs is 1. The largest absolute Gasteiger partial charge is 0.317 e. The number of likely N-dealkylation sites (N-methyl/N-ethyl adjacent to an activating group) is 1. The van der Waals surface area contributed by atoms with Crippen molar-refractivity contribution in [1.82, 2.24) is 5.32 Å². The quantitative estimate of drug-likeness (QED) is 0.865. The number of hydrogen-bond donors (Lipinski definition) is 1. The molecule has 20 heavy (non-hydrogen) atoms. The van der Waals surface area contributed by atoms with Crippen molar-refractivity contribution in [2.24, 2.45) is 0 Å². The van der Waals surface area contributed by atoms with Gasteiger partial charge in [-0.3, -0.25) is 0 Å². The summed E-state index contributed by atoms with van der Waals surface area (Å²) in [6, 6.07) is 18.3. The second-order valence-corrected chi connectivity index (χ2v) is 6.01. The lowest BCUT2D eigenvalue weighted by molar-refractivity contribution is 0.438. The molecule has 2 atom stereocenters. The van der Waals surface area contributed by atoms with Crippen molar-refractivity contribution in [1.29, 1.82) is 0 Å². The van der Waals surface area contributed by atoms with Crippen LogP contribution in [-0.4, -0.2) is 13.1 Å². The van der Waals surface area contributed by atoms with Gasteiger partial charge in [0, 0.05) is 6.04 Å². The topological polar surface area (TPSA) is 12.0 Å². The second kappa shape index (κ2) is 5.80. The summed E-state index contributed by atoms with van der Waals surface area (Å²) < 4.78 is 0. The van der Waals surface area contributed by atoms with Crippen LogP contribution >= 0.6 is 0 Å². The Morgan fingerprint density at radius 2 is 2.00 bits per heavy atom. The standard InChI is InChI=1S/C19H23N/c1-14-6-5-7-15(10-14)11-18(20-2)13-17-12-16-8-3-4-9-19(16)17/h3-10,17-18,20H,11-13H2,1-2H3. The maximum Gasteiger partial charge on any atom is 0.0110 e. The van der Waals surface area contributed by atoms with E-state index in [-0.39, 0.29) is 0 Å². The fraction of sp³-hybridized carbons (Fsp3) is 0.368. The van der Waals surface area contributed by atoms with Crippen LogP contribution in [0.4, 0.5) is 0 Å². The van der Waals surface area contributed by atoms with Gasteiger partial charge < -0.3 is 5.32 Å². The van der Waals surface area contributed by atoms with Gasteiger partial charge >= 0.3 is 0 Å². The van der Waals surface area contributed by atoms with E-state index in [0.717, 1.165) is 12.3 Å². The van der Waals surface area contributed by atoms with Gasteiger partial charge in [0.1, 0.15) is 0 Å². The minimum absolute atomic E-state index is 0.565. The molecule has 1 heteroatoms. The molecule has 0 spiro atoms. The lowest BCUT2D eigenvalue weighted by Gasteiger charge is -2.33. The first-order chi connectivity index (χ1) is 9.76. The first kappa shape index (κ1) is 13.4. The third-order valence-electron chi connectivity index (χ3n) is 4.50. The smallest absolute Gasteiger partial charge is 0.0110 e. The van der Waals surface area contributed by atoms with E-state index >= 15 is 0 Å². The first-order valence-corrected chi connectivity index (χ1v) is 7.57. The Morgan fingerprint density at radius 1 is 1.15 bits per heavy atom. The van der Waals surface area contributed by atoms with Crippen molar-refractivity contribution in [2.75, 3.05) is 7.05 Å². The van der Waals surface area contributed by atoms with Crippen molar-refractivity contribution in [3.63, 3.8) is 0 Å². The van der Waals surface area contributed by atoms with Crippen molar-refractivity contribution in [3.8, 4) is 0 Å². The highest BCUT2D eigenvalue weighted by atomic mass is 14.9. The summed E-state index contributed by atoms with van der Waals surface area (Å²) in [5.41, 5.74) is 5.91. The molecule has 0 aliphatic heterocycles. The molecule has 2 aromatic carbocycles. The SMILES string of the molecule is CNC(Cc1cccc(C)c1)CC1Cc2ccccc21. The normalized spacial score (nSPS) is 18.2. The predicted octanol–water partition coefficient (Wildman–Crippen LogP) is 3.86. The van der Waals surface area contributed by atoms with E-state index in [1.807, 2.05) is 0 Å². The van der Waals surface area contributed by atoms with E-state index < -0.39 is 0 Å². The average molecular weight is 265 g/mol. The van der Waals surface area contributed by atoms with E-state index in [4.69, 9.17) is 0 Å². The van der Waals surface area contributed by atoms with Crippen LogP contribution < -0.4 is 5.32 Å². The summed E-state index contributed by atoms with van der Waals surface area (Å²) in [4.78, 5) is 0. The van der Waals surface area contributed by atoms with Crippen molar-refractivity contribution in [3.05, 3.63) is 70.8 Å². The van der Waals surface area contributed by atoms with Crippen LogP contribution in [0, 0.1) is 6.92 Å². The zero-order valence-corrected chi connectivity index (χ0v) is 12.4. The Bertz CT molecular complexity index is 588. The molecule has 2 aromatic rings. The van der Waals surface area contributed by atoms with E-state index in [0.29, 0.717) is 6.04 Å². The number of hydrogen-bond acceptors (Lipinski definition) is 1. The van der Waals surface area contributed by atoms with Crippen LogP contribution in [-0.2, 0) is 12.8 Å². The third-order valence-corrected chi connectivity index (χ3v) is 4.50. The van der Waals surface area contributed by atoms with Gasteiger partial charge in [0.15, 0.2) is 0 Å². The van der Waals surface area contributed by atoms with Gasteiger partial charge in [0.25, 0.3) is 0 Å². The molecule has 0 amide bonds. The molecule has 0 aromatic heterocycles. The van der Waals surface area contributed by atoms with Crippen LogP contribution in [0.1, 0.15) is 34.6 Å². The lowest BCUT2D eigenvalue weighted by atomic mass is 9.74. The van der Waals surface area contributed by atoms with Gasteiger partial charge in [-0.2, -0.15) is 0 Å². The first-order valence-electron chi connectivity index (χ1n) is 7.57. The molecule has 0 heterocycles. The van der Waals surface area contributed by atoms with E-state index in [9.17, 15) is 0 Å². The van der Waals surface area contributed by atoms with Crippen LogP contribution in [0.2, 0.25) is 0 Å². The van der Waals surface area contributed by atoms with Crippen LogP contribution in [0.3, 0.4) is 0 Å². The minimum Gasteiger partial charge on any atom is -0.317 e. The summed E-state index contributed by atoms with van der Waals surface area (Å²) in [7, 11) is 2.09. The Kier molecular flexibility index (Phi) is 3.88. The molecule has 1 N–H and O–H groups in total. The molecule has 0 fully saturated rings. The summed E-state index contributed by atoms with van der Waals surface area (Å²) >= 11 is 0. The van der Waals surface area contributed by atoms with Crippen molar-refractivity contribution in [2.45, 2.75) is 38.1 Å². The highest BCUT2D eigenvalue weighted by molar-refractivity contribution is 5.40. The maximum absolute atomic E-state index is 3.50. The minimum atomic E-state index is 0.565. The zero-order chi connectivity index (χ0) is 13.9. The fourth-order valence-corrected chi connectivity index (χ4v) is 3.34. The Hall–Kier alpha value is -1.60. The molecule has 1 aliphatic carbocycles.